The topological polar surface area (TPSA) is 78.7 Å². The molecule has 7 nitrogen and oxygen atoms in total. The largest absolute Gasteiger partial charge is 0.462 e. The van der Waals surface area contributed by atoms with E-state index in [1.165, 1.54) is 11.3 Å². The lowest BCUT2D eigenvalue weighted by Gasteiger charge is -2.37. The summed E-state index contributed by atoms with van der Waals surface area (Å²) in [6, 6.07) is 6.87. The minimum absolute atomic E-state index is 0.00619. The molecular weight excluding hydrogens is 432 g/mol. The van der Waals surface area contributed by atoms with Crippen LogP contribution < -0.4 is 5.32 Å². The smallest absolute Gasteiger partial charge is 0.262 e. The number of rotatable bonds is 7. The predicted octanol–water partition coefficient (Wildman–Crippen LogP) is 3.56. The summed E-state index contributed by atoms with van der Waals surface area (Å²) < 4.78 is 5.42. The van der Waals surface area contributed by atoms with Crippen molar-refractivity contribution in [3.05, 3.63) is 51.9 Å². The second-order valence-electron chi connectivity index (χ2n) is 7.90. The molecule has 2 amide bonds. The maximum atomic E-state index is 13.1. The summed E-state index contributed by atoms with van der Waals surface area (Å²) in [4.78, 5) is 35.0. The van der Waals surface area contributed by atoms with Gasteiger partial charge in [0.25, 0.3) is 5.91 Å². The zero-order valence-corrected chi connectivity index (χ0v) is 19.2. The summed E-state index contributed by atoms with van der Waals surface area (Å²) in [5.74, 6) is 0.616. The molecule has 0 saturated carbocycles. The van der Waals surface area contributed by atoms with E-state index < -0.39 is 6.04 Å². The highest BCUT2D eigenvalue weighted by molar-refractivity contribution is 7.13. The summed E-state index contributed by atoms with van der Waals surface area (Å²) in [7, 11) is 0. The zero-order valence-electron chi connectivity index (χ0n) is 17.6. The van der Waals surface area contributed by atoms with Gasteiger partial charge in [0, 0.05) is 38.1 Å². The molecule has 164 valence electrons. The van der Waals surface area contributed by atoms with Gasteiger partial charge < -0.3 is 14.6 Å². The van der Waals surface area contributed by atoms with Gasteiger partial charge in [0.1, 0.15) is 6.04 Å². The number of hydrogen-bond acceptors (Lipinski definition) is 7. The van der Waals surface area contributed by atoms with Crippen molar-refractivity contribution in [1.29, 1.82) is 0 Å². The van der Waals surface area contributed by atoms with E-state index in [0.717, 1.165) is 36.1 Å². The third-order valence-corrected chi connectivity index (χ3v) is 7.09. The molecule has 31 heavy (non-hydrogen) atoms. The number of nitrogens with one attached hydrogen (secondary N) is 1. The average molecular weight is 459 g/mol. The number of thiazole rings is 1. The Balaban J connectivity index is 1.31. The Morgan fingerprint density at radius 1 is 1.16 bits per heavy atom. The standard InChI is InChI=1S/C22H26N4O3S2/c1-15(2)19(24-20(27)18-6-4-12-30-18)22(28)26-9-7-25(8-10-26)13-16-14-31-21(23-16)17-5-3-11-29-17/h3-6,11-12,14-15,19H,7-10,13H2,1-2H3,(H,24,27). The van der Waals surface area contributed by atoms with Crippen LogP contribution in [0.3, 0.4) is 0 Å². The van der Waals surface area contributed by atoms with Crippen LogP contribution in [0.25, 0.3) is 10.8 Å². The van der Waals surface area contributed by atoms with Crippen molar-refractivity contribution in [1.82, 2.24) is 20.1 Å². The lowest BCUT2D eigenvalue weighted by atomic mass is 10.0. The number of thiophene rings is 1. The van der Waals surface area contributed by atoms with Gasteiger partial charge in [0.15, 0.2) is 10.8 Å². The van der Waals surface area contributed by atoms with Gasteiger partial charge in [-0.15, -0.1) is 22.7 Å². The van der Waals surface area contributed by atoms with Crippen LogP contribution in [0.2, 0.25) is 0 Å². The fourth-order valence-corrected chi connectivity index (χ4v) is 4.98. The first-order valence-corrected chi connectivity index (χ1v) is 12.1. The van der Waals surface area contributed by atoms with Crippen LogP contribution in [0.5, 0.6) is 0 Å². The molecule has 9 heteroatoms. The van der Waals surface area contributed by atoms with Gasteiger partial charge in [-0.2, -0.15) is 0 Å². The number of furan rings is 1. The van der Waals surface area contributed by atoms with Crippen LogP contribution in [0, 0.1) is 5.92 Å². The van der Waals surface area contributed by atoms with Crippen LogP contribution in [0.4, 0.5) is 0 Å². The van der Waals surface area contributed by atoms with Crippen LogP contribution in [0.1, 0.15) is 29.2 Å². The number of hydrogen-bond donors (Lipinski definition) is 1. The van der Waals surface area contributed by atoms with E-state index in [1.54, 1.807) is 23.7 Å². The van der Waals surface area contributed by atoms with Crippen molar-refractivity contribution in [3.8, 4) is 10.8 Å². The molecule has 0 radical (unpaired) electrons. The molecule has 4 heterocycles. The number of carbonyl (C=O) groups is 2. The van der Waals surface area contributed by atoms with Crippen molar-refractivity contribution in [2.24, 2.45) is 5.92 Å². The second kappa shape index (κ2) is 9.76. The fourth-order valence-electron chi connectivity index (χ4n) is 3.58. The third kappa shape index (κ3) is 5.23. The van der Waals surface area contributed by atoms with E-state index in [1.807, 2.05) is 42.3 Å². The molecule has 0 aromatic carbocycles. The molecule has 1 fully saturated rings. The van der Waals surface area contributed by atoms with E-state index in [2.05, 4.69) is 20.6 Å². The third-order valence-electron chi connectivity index (χ3n) is 5.32. The van der Waals surface area contributed by atoms with Gasteiger partial charge in [-0.05, 0) is 29.5 Å². The number of carbonyl (C=O) groups excluding carboxylic acids is 2. The SMILES string of the molecule is CC(C)C(NC(=O)c1cccs1)C(=O)N1CCN(Cc2csc(-c3ccco3)n2)CC1. The van der Waals surface area contributed by atoms with E-state index >= 15 is 0 Å². The summed E-state index contributed by atoms with van der Waals surface area (Å²) in [6.07, 6.45) is 1.65. The first kappa shape index (κ1) is 21.7. The first-order chi connectivity index (χ1) is 15.0. The highest BCUT2D eigenvalue weighted by Gasteiger charge is 2.31. The van der Waals surface area contributed by atoms with Crippen molar-refractivity contribution in [3.63, 3.8) is 0 Å². The van der Waals surface area contributed by atoms with Gasteiger partial charge in [-0.1, -0.05) is 19.9 Å². The van der Waals surface area contributed by atoms with Gasteiger partial charge >= 0.3 is 0 Å². The van der Waals surface area contributed by atoms with Gasteiger partial charge in [-0.25, -0.2) is 4.98 Å². The number of amides is 2. The van der Waals surface area contributed by atoms with Crippen LogP contribution in [0.15, 0.2) is 45.7 Å². The second-order valence-corrected chi connectivity index (χ2v) is 9.70. The molecule has 1 aliphatic heterocycles. The quantitative estimate of drug-likeness (QED) is 0.586. The minimum atomic E-state index is -0.518. The van der Waals surface area contributed by atoms with Gasteiger partial charge in [0.05, 0.1) is 16.8 Å². The normalized spacial score (nSPS) is 15.9. The lowest BCUT2D eigenvalue weighted by Crippen LogP contribution is -2.56. The molecular formula is C22H26N4O3S2. The molecule has 0 aliphatic carbocycles. The number of aromatic nitrogens is 1. The molecule has 3 aromatic rings. The van der Waals surface area contributed by atoms with Crippen molar-refractivity contribution in [2.75, 3.05) is 26.2 Å². The molecule has 0 spiro atoms. The van der Waals surface area contributed by atoms with Gasteiger partial charge in [-0.3, -0.25) is 14.5 Å². The zero-order chi connectivity index (χ0) is 21.8. The van der Waals surface area contributed by atoms with Crippen molar-refractivity contribution < 1.29 is 14.0 Å². The molecule has 1 unspecified atom stereocenters. The Morgan fingerprint density at radius 3 is 2.61 bits per heavy atom. The minimum Gasteiger partial charge on any atom is -0.462 e. The fraction of sp³-hybridized carbons (Fsp3) is 0.409. The van der Waals surface area contributed by atoms with E-state index in [9.17, 15) is 9.59 Å². The molecule has 0 bridgehead atoms. The Labute approximate surface area is 189 Å². The molecule has 1 atom stereocenters. The molecule has 1 aliphatic rings. The maximum Gasteiger partial charge on any atom is 0.262 e. The molecule has 4 rings (SSSR count). The Hall–Kier alpha value is -2.49. The van der Waals surface area contributed by atoms with Crippen molar-refractivity contribution >= 4 is 34.5 Å². The van der Waals surface area contributed by atoms with Crippen LogP contribution in [-0.2, 0) is 11.3 Å². The molecule has 3 aromatic heterocycles. The average Bonchev–Trinajstić information content (AvgIpc) is 3.54. The Bertz CT molecular complexity index is 990. The van der Waals surface area contributed by atoms with E-state index in [-0.39, 0.29) is 17.7 Å². The number of piperazine rings is 1. The highest BCUT2D eigenvalue weighted by atomic mass is 32.1. The summed E-state index contributed by atoms with van der Waals surface area (Å²) in [6.45, 7) is 7.53. The summed E-state index contributed by atoms with van der Waals surface area (Å²) >= 11 is 2.96. The molecule has 1 N–H and O–H groups in total. The van der Waals surface area contributed by atoms with E-state index in [4.69, 9.17) is 4.42 Å². The predicted molar refractivity (Wildman–Crippen MR) is 122 cm³/mol. The van der Waals surface area contributed by atoms with Crippen molar-refractivity contribution in [2.45, 2.75) is 26.4 Å². The Morgan fingerprint density at radius 2 is 1.97 bits per heavy atom. The summed E-state index contributed by atoms with van der Waals surface area (Å²) in [5.41, 5.74) is 1.01. The van der Waals surface area contributed by atoms with Gasteiger partial charge in [0.2, 0.25) is 5.91 Å². The summed E-state index contributed by atoms with van der Waals surface area (Å²) in [5, 5.41) is 7.74. The maximum absolute atomic E-state index is 13.1. The van der Waals surface area contributed by atoms with Crippen LogP contribution >= 0.6 is 22.7 Å². The van der Waals surface area contributed by atoms with Crippen LogP contribution in [-0.4, -0.2) is 58.8 Å². The van der Waals surface area contributed by atoms with E-state index in [0.29, 0.717) is 18.0 Å². The molecule has 1 saturated heterocycles. The number of nitrogens with zero attached hydrogens (tertiary/aromatic N) is 3. The highest BCUT2D eigenvalue weighted by Crippen LogP contribution is 2.24. The monoisotopic (exact) mass is 458 g/mol. The first-order valence-electron chi connectivity index (χ1n) is 10.3. The lowest BCUT2D eigenvalue weighted by molar-refractivity contribution is -0.136. The Kier molecular flexibility index (Phi) is 6.84.